The van der Waals surface area contributed by atoms with E-state index >= 15 is 0 Å². The first kappa shape index (κ1) is 14.8. The van der Waals surface area contributed by atoms with Crippen LogP contribution in [0.25, 0.3) is 0 Å². The number of benzene rings is 1. The Kier molecular flexibility index (Phi) is 4.99. The highest BCUT2D eigenvalue weighted by Gasteiger charge is 2.17. The molecule has 0 heterocycles. The number of amides is 1. The van der Waals surface area contributed by atoms with Crippen molar-refractivity contribution in [2.24, 2.45) is 5.73 Å². The number of hydrogen-bond donors (Lipinski definition) is 2. The number of ether oxygens (including phenoxy) is 1. The maximum atomic E-state index is 11.7. The van der Waals surface area contributed by atoms with Crippen molar-refractivity contribution in [2.75, 3.05) is 11.9 Å². The molecule has 1 aromatic carbocycles. The Labute approximate surface area is 112 Å². The number of halogens is 1. The summed E-state index contributed by atoms with van der Waals surface area (Å²) in [4.78, 5) is 11.7. The molecule has 1 rings (SSSR count). The Morgan fingerprint density at radius 2 is 2.11 bits per heavy atom. The average molecular weight is 271 g/mol. The SMILES string of the molecule is CC(C)(C)OC(=O)Nc1ccc(Cl)cc1CCN. The number of nitrogens with two attached hydrogens (primary N) is 1. The van der Waals surface area contributed by atoms with Crippen LogP contribution in [0, 0.1) is 0 Å². The molecular formula is C13H19ClN2O2. The molecule has 100 valence electrons. The number of anilines is 1. The fourth-order valence-electron chi connectivity index (χ4n) is 1.46. The van der Waals surface area contributed by atoms with Crippen LogP contribution < -0.4 is 11.1 Å². The predicted octanol–water partition coefficient (Wildman–Crippen LogP) is 3.19. The van der Waals surface area contributed by atoms with Gasteiger partial charge in [0.15, 0.2) is 0 Å². The first-order chi connectivity index (χ1) is 8.31. The molecular weight excluding hydrogens is 252 g/mol. The lowest BCUT2D eigenvalue weighted by molar-refractivity contribution is 0.0636. The van der Waals surface area contributed by atoms with Gasteiger partial charge in [-0.25, -0.2) is 4.79 Å². The van der Waals surface area contributed by atoms with Gasteiger partial charge in [0.1, 0.15) is 5.60 Å². The molecule has 0 unspecified atom stereocenters. The lowest BCUT2D eigenvalue weighted by Crippen LogP contribution is -2.27. The minimum absolute atomic E-state index is 0.483. The normalized spacial score (nSPS) is 11.2. The molecule has 3 N–H and O–H groups in total. The van der Waals surface area contributed by atoms with Gasteiger partial charge in [0.25, 0.3) is 0 Å². The summed E-state index contributed by atoms with van der Waals surface area (Å²) in [6.07, 6.45) is 0.161. The van der Waals surface area contributed by atoms with Crippen LogP contribution >= 0.6 is 11.6 Å². The van der Waals surface area contributed by atoms with E-state index in [0.717, 1.165) is 5.56 Å². The highest BCUT2D eigenvalue weighted by atomic mass is 35.5. The van der Waals surface area contributed by atoms with Crippen LogP contribution in [0.2, 0.25) is 5.02 Å². The Bertz CT molecular complexity index is 427. The summed E-state index contributed by atoms with van der Waals surface area (Å²) < 4.78 is 5.19. The molecule has 0 aliphatic carbocycles. The van der Waals surface area contributed by atoms with Crippen LogP contribution in [0.4, 0.5) is 10.5 Å². The predicted molar refractivity (Wildman–Crippen MR) is 74.1 cm³/mol. The summed E-state index contributed by atoms with van der Waals surface area (Å²) in [6.45, 7) is 5.93. The lowest BCUT2D eigenvalue weighted by Gasteiger charge is -2.20. The van der Waals surface area contributed by atoms with Crippen LogP contribution in [0.5, 0.6) is 0 Å². The summed E-state index contributed by atoms with van der Waals surface area (Å²) in [5, 5.41) is 3.32. The smallest absolute Gasteiger partial charge is 0.412 e. The van der Waals surface area contributed by atoms with Crippen LogP contribution in [0.3, 0.4) is 0 Å². The van der Waals surface area contributed by atoms with E-state index in [1.807, 2.05) is 20.8 Å². The average Bonchev–Trinajstić information content (AvgIpc) is 2.20. The van der Waals surface area contributed by atoms with Gasteiger partial charge in [-0.15, -0.1) is 0 Å². The zero-order valence-electron chi connectivity index (χ0n) is 10.9. The van der Waals surface area contributed by atoms with Gasteiger partial charge in [0.2, 0.25) is 0 Å². The van der Waals surface area contributed by atoms with Gasteiger partial charge in [-0.2, -0.15) is 0 Å². The maximum absolute atomic E-state index is 11.7. The summed E-state index contributed by atoms with van der Waals surface area (Å²) in [7, 11) is 0. The summed E-state index contributed by atoms with van der Waals surface area (Å²) in [5.74, 6) is 0. The first-order valence-electron chi connectivity index (χ1n) is 5.80. The van der Waals surface area contributed by atoms with Gasteiger partial charge in [-0.3, -0.25) is 5.32 Å². The van der Waals surface area contributed by atoms with E-state index in [0.29, 0.717) is 23.7 Å². The highest BCUT2D eigenvalue weighted by Crippen LogP contribution is 2.21. The molecule has 0 fully saturated rings. The summed E-state index contributed by atoms with van der Waals surface area (Å²) >= 11 is 5.91. The quantitative estimate of drug-likeness (QED) is 0.887. The highest BCUT2D eigenvalue weighted by molar-refractivity contribution is 6.30. The Balaban J connectivity index is 2.80. The number of nitrogens with one attached hydrogen (secondary N) is 1. The standard InChI is InChI=1S/C13H19ClN2O2/c1-13(2,3)18-12(17)16-11-5-4-10(14)8-9(11)6-7-15/h4-5,8H,6-7,15H2,1-3H3,(H,16,17). The van der Waals surface area contributed by atoms with Crippen molar-refractivity contribution in [3.05, 3.63) is 28.8 Å². The minimum Gasteiger partial charge on any atom is -0.444 e. The molecule has 18 heavy (non-hydrogen) atoms. The number of carbonyl (C=O) groups is 1. The van der Waals surface area contributed by atoms with E-state index < -0.39 is 11.7 Å². The monoisotopic (exact) mass is 270 g/mol. The fraction of sp³-hybridized carbons (Fsp3) is 0.462. The van der Waals surface area contributed by atoms with Crippen molar-refractivity contribution >= 4 is 23.4 Å². The van der Waals surface area contributed by atoms with E-state index in [1.54, 1.807) is 18.2 Å². The third kappa shape index (κ3) is 4.94. The summed E-state index contributed by atoms with van der Waals surface area (Å²) in [6, 6.07) is 5.26. The van der Waals surface area contributed by atoms with Crippen LogP contribution in [-0.2, 0) is 11.2 Å². The van der Waals surface area contributed by atoms with E-state index in [1.165, 1.54) is 0 Å². The molecule has 0 spiro atoms. The van der Waals surface area contributed by atoms with Crippen LogP contribution in [0.15, 0.2) is 18.2 Å². The lowest BCUT2D eigenvalue weighted by atomic mass is 10.1. The van der Waals surface area contributed by atoms with Crippen molar-refractivity contribution in [2.45, 2.75) is 32.8 Å². The van der Waals surface area contributed by atoms with Crippen molar-refractivity contribution in [1.29, 1.82) is 0 Å². The van der Waals surface area contributed by atoms with Gasteiger partial charge in [-0.05, 0) is 57.5 Å². The molecule has 0 aromatic heterocycles. The van der Waals surface area contributed by atoms with Crippen molar-refractivity contribution < 1.29 is 9.53 Å². The number of rotatable bonds is 3. The molecule has 4 nitrogen and oxygen atoms in total. The van der Waals surface area contributed by atoms with E-state index in [9.17, 15) is 4.79 Å². The van der Waals surface area contributed by atoms with E-state index in [-0.39, 0.29) is 0 Å². The molecule has 1 aromatic rings. The Hall–Kier alpha value is -1.26. The molecule has 5 heteroatoms. The number of hydrogen-bond acceptors (Lipinski definition) is 3. The number of carbonyl (C=O) groups excluding carboxylic acids is 1. The second-order valence-corrected chi connectivity index (χ2v) is 5.40. The van der Waals surface area contributed by atoms with Crippen molar-refractivity contribution in [3.8, 4) is 0 Å². The van der Waals surface area contributed by atoms with Gasteiger partial charge >= 0.3 is 6.09 Å². The first-order valence-corrected chi connectivity index (χ1v) is 6.18. The van der Waals surface area contributed by atoms with Gasteiger partial charge < -0.3 is 10.5 Å². The van der Waals surface area contributed by atoms with Crippen LogP contribution in [0.1, 0.15) is 26.3 Å². The molecule has 0 saturated carbocycles. The van der Waals surface area contributed by atoms with E-state index in [2.05, 4.69) is 5.32 Å². The third-order valence-corrected chi connectivity index (χ3v) is 2.35. The molecule has 0 atom stereocenters. The fourth-order valence-corrected chi connectivity index (χ4v) is 1.65. The Morgan fingerprint density at radius 3 is 2.67 bits per heavy atom. The third-order valence-electron chi connectivity index (χ3n) is 2.12. The molecule has 0 radical (unpaired) electrons. The second-order valence-electron chi connectivity index (χ2n) is 4.97. The zero-order chi connectivity index (χ0) is 13.8. The molecule has 0 aliphatic heterocycles. The molecule has 1 amide bonds. The van der Waals surface area contributed by atoms with Crippen LogP contribution in [-0.4, -0.2) is 18.2 Å². The largest absolute Gasteiger partial charge is 0.444 e. The van der Waals surface area contributed by atoms with Gasteiger partial charge in [-0.1, -0.05) is 11.6 Å². The zero-order valence-corrected chi connectivity index (χ0v) is 11.7. The van der Waals surface area contributed by atoms with E-state index in [4.69, 9.17) is 22.1 Å². The van der Waals surface area contributed by atoms with Crippen molar-refractivity contribution in [3.63, 3.8) is 0 Å². The molecule has 0 aliphatic rings. The Morgan fingerprint density at radius 1 is 1.44 bits per heavy atom. The molecule has 0 saturated heterocycles. The van der Waals surface area contributed by atoms with Crippen molar-refractivity contribution in [1.82, 2.24) is 0 Å². The topological polar surface area (TPSA) is 64.3 Å². The maximum Gasteiger partial charge on any atom is 0.412 e. The summed E-state index contributed by atoms with van der Waals surface area (Å²) in [5.41, 5.74) is 6.58. The van der Waals surface area contributed by atoms with Gasteiger partial charge in [0, 0.05) is 10.7 Å². The van der Waals surface area contributed by atoms with Gasteiger partial charge in [0.05, 0.1) is 0 Å². The second kappa shape index (κ2) is 6.07. The minimum atomic E-state index is -0.523. The molecule has 0 bridgehead atoms.